The number of rotatable bonds is 7. The predicted molar refractivity (Wildman–Crippen MR) is 104 cm³/mol. The lowest BCUT2D eigenvalue weighted by Crippen LogP contribution is -2.49. The minimum atomic E-state index is -0.261. The SMILES string of the molecule is CC1CCCN(CC(C)NC(=O)NCC(c2cccc(F)c2)N(C)C)C1. The number of benzene rings is 1. The lowest BCUT2D eigenvalue weighted by Gasteiger charge is -2.33. The molecule has 1 aliphatic heterocycles. The van der Waals surface area contributed by atoms with Crippen LogP contribution in [0, 0.1) is 11.7 Å². The summed E-state index contributed by atoms with van der Waals surface area (Å²) < 4.78 is 13.5. The third-order valence-corrected chi connectivity index (χ3v) is 4.96. The number of halogens is 1. The van der Waals surface area contributed by atoms with Crippen LogP contribution < -0.4 is 10.6 Å². The smallest absolute Gasteiger partial charge is 0.315 e. The minimum absolute atomic E-state index is 0.0744. The monoisotopic (exact) mass is 364 g/mol. The van der Waals surface area contributed by atoms with Gasteiger partial charge in [0.05, 0.1) is 6.04 Å². The summed E-state index contributed by atoms with van der Waals surface area (Å²) in [5, 5.41) is 5.94. The van der Waals surface area contributed by atoms with Crippen molar-refractivity contribution in [3.05, 3.63) is 35.6 Å². The number of hydrogen-bond donors (Lipinski definition) is 2. The topological polar surface area (TPSA) is 47.6 Å². The maximum absolute atomic E-state index is 13.5. The van der Waals surface area contributed by atoms with Gasteiger partial charge in [0.25, 0.3) is 0 Å². The van der Waals surface area contributed by atoms with Gasteiger partial charge < -0.3 is 20.4 Å². The second kappa shape index (κ2) is 9.88. The highest BCUT2D eigenvalue weighted by atomic mass is 19.1. The van der Waals surface area contributed by atoms with Gasteiger partial charge in [-0.05, 0) is 64.0 Å². The Morgan fingerprint density at radius 2 is 2.19 bits per heavy atom. The molecule has 3 unspecified atom stereocenters. The van der Waals surface area contributed by atoms with Crippen LogP contribution in [0.25, 0.3) is 0 Å². The molecular weight excluding hydrogens is 331 g/mol. The average molecular weight is 365 g/mol. The molecule has 0 aromatic heterocycles. The van der Waals surface area contributed by atoms with E-state index in [0.717, 1.165) is 31.1 Å². The van der Waals surface area contributed by atoms with Crippen LogP contribution >= 0.6 is 0 Å². The Morgan fingerprint density at radius 3 is 2.85 bits per heavy atom. The first-order chi connectivity index (χ1) is 12.3. The predicted octanol–water partition coefficient (Wildman–Crippen LogP) is 2.85. The van der Waals surface area contributed by atoms with E-state index in [1.807, 2.05) is 32.0 Å². The van der Waals surface area contributed by atoms with Gasteiger partial charge in [-0.15, -0.1) is 0 Å². The van der Waals surface area contributed by atoms with E-state index in [-0.39, 0.29) is 23.9 Å². The third-order valence-electron chi connectivity index (χ3n) is 4.96. The Bertz CT molecular complexity index is 581. The maximum atomic E-state index is 13.5. The van der Waals surface area contributed by atoms with Crippen LogP contribution in [0.4, 0.5) is 9.18 Å². The molecule has 26 heavy (non-hydrogen) atoms. The van der Waals surface area contributed by atoms with Crippen molar-refractivity contribution in [3.8, 4) is 0 Å². The van der Waals surface area contributed by atoms with Crippen molar-refractivity contribution in [2.45, 2.75) is 38.8 Å². The molecule has 1 aliphatic rings. The summed E-state index contributed by atoms with van der Waals surface area (Å²) in [5.41, 5.74) is 0.852. The van der Waals surface area contributed by atoms with Crippen LogP contribution in [-0.2, 0) is 0 Å². The summed E-state index contributed by atoms with van der Waals surface area (Å²) in [6.07, 6.45) is 2.53. The van der Waals surface area contributed by atoms with Gasteiger partial charge in [-0.1, -0.05) is 19.1 Å². The molecule has 2 rings (SSSR count). The van der Waals surface area contributed by atoms with Gasteiger partial charge in [0.1, 0.15) is 5.82 Å². The number of amides is 2. The number of hydrogen-bond acceptors (Lipinski definition) is 3. The van der Waals surface area contributed by atoms with Gasteiger partial charge in [-0.2, -0.15) is 0 Å². The molecule has 0 aliphatic carbocycles. The molecule has 2 amide bonds. The fourth-order valence-corrected chi connectivity index (χ4v) is 3.66. The highest BCUT2D eigenvalue weighted by molar-refractivity contribution is 5.74. The van der Waals surface area contributed by atoms with Crippen LogP contribution in [0.1, 0.15) is 38.3 Å². The summed E-state index contributed by atoms with van der Waals surface area (Å²) in [5.74, 6) is 0.472. The average Bonchev–Trinajstić information content (AvgIpc) is 2.54. The van der Waals surface area contributed by atoms with Crippen LogP contribution in [0.3, 0.4) is 0 Å². The van der Waals surface area contributed by atoms with Crippen molar-refractivity contribution in [1.29, 1.82) is 0 Å². The molecular formula is C20H33FN4O. The number of likely N-dealkylation sites (N-methyl/N-ethyl adjacent to an activating group) is 1. The van der Waals surface area contributed by atoms with Gasteiger partial charge in [-0.25, -0.2) is 9.18 Å². The first-order valence-electron chi connectivity index (χ1n) is 9.53. The lowest BCUT2D eigenvalue weighted by atomic mass is 10.00. The molecule has 5 nitrogen and oxygen atoms in total. The molecule has 0 bridgehead atoms. The van der Waals surface area contributed by atoms with Crippen molar-refractivity contribution >= 4 is 6.03 Å². The van der Waals surface area contributed by atoms with Gasteiger partial charge in [0.2, 0.25) is 0 Å². The van der Waals surface area contributed by atoms with E-state index in [2.05, 4.69) is 22.5 Å². The van der Waals surface area contributed by atoms with E-state index in [1.165, 1.54) is 25.0 Å². The van der Waals surface area contributed by atoms with Crippen molar-refractivity contribution in [2.75, 3.05) is 40.3 Å². The van der Waals surface area contributed by atoms with Crippen LogP contribution in [-0.4, -0.2) is 62.1 Å². The first kappa shape index (κ1) is 20.6. The number of carbonyl (C=O) groups is 1. The zero-order valence-electron chi connectivity index (χ0n) is 16.5. The van der Waals surface area contributed by atoms with E-state index in [9.17, 15) is 9.18 Å². The van der Waals surface area contributed by atoms with Gasteiger partial charge in [0, 0.05) is 25.7 Å². The summed E-state index contributed by atoms with van der Waals surface area (Å²) in [4.78, 5) is 16.7. The second-order valence-corrected chi connectivity index (χ2v) is 7.80. The molecule has 0 radical (unpaired) electrons. The second-order valence-electron chi connectivity index (χ2n) is 7.80. The Labute approximate surface area is 156 Å². The summed E-state index contributed by atoms with van der Waals surface area (Å²) in [6, 6.07) is 6.37. The Kier molecular flexibility index (Phi) is 7.85. The molecule has 1 aromatic carbocycles. The summed E-state index contributed by atoms with van der Waals surface area (Å²) >= 11 is 0. The van der Waals surface area contributed by atoms with Gasteiger partial charge in [0.15, 0.2) is 0 Å². The third kappa shape index (κ3) is 6.57. The molecule has 0 saturated carbocycles. The number of nitrogens with zero attached hydrogens (tertiary/aromatic N) is 2. The molecule has 2 N–H and O–H groups in total. The van der Waals surface area contributed by atoms with E-state index in [4.69, 9.17) is 0 Å². The van der Waals surface area contributed by atoms with E-state index in [0.29, 0.717) is 6.54 Å². The first-order valence-corrected chi connectivity index (χ1v) is 9.53. The summed E-state index contributed by atoms with van der Waals surface area (Å²) in [7, 11) is 3.85. The number of piperidine rings is 1. The van der Waals surface area contributed by atoms with Crippen molar-refractivity contribution in [2.24, 2.45) is 5.92 Å². The normalized spacial score (nSPS) is 20.6. The zero-order valence-corrected chi connectivity index (χ0v) is 16.5. The fourth-order valence-electron chi connectivity index (χ4n) is 3.66. The number of urea groups is 1. The Hall–Kier alpha value is -1.66. The van der Waals surface area contributed by atoms with Crippen LogP contribution in [0.15, 0.2) is 24.3 Å². The maximum Gasteiger partial charge on any atom is 0.315 e. The number of likely N-dealkylation sites (tertiary alicyclic amines) is 1. The molecule has 3 atom stereocenters. The highest BCUT2D eigenvalue weighted by Gasteiger charge is 2.20. The van der Waals surface area contributed by atoms with Crippen molar-refractivity contribution < 1.29 is 9.18 Å². The van der Waals surface area contributed by atoms with E-state index < -0.39 is 0 Å². The molecule has 1 heterocycles. The minimum Gasteiger partial charge on any atom is -0.336 e. The molecule has 1 saturated heterocycles. The highest BCUT2D eigenvalue weighted by Crippen LogP contribution is 2.18. The molecule has 1 aromatic rings. The van der Waals surface area contributed by atoms with Crippen LogP contribution in [0.2, 0.25) is 0 Å². The van der Waals surface area contributed by atoms with Crippen molar-refractivity contribution in [3.63, 3.8) is 0 Å². The molecule has 1 fully saturated rings. The number of nitrogens with one attached hydrogen (secondary N) is 2. The molecule has 6 heteroatoms. The van der Waals surface area contributed by atoms with Crippen molar-refractivity contribution in [1.82, 2.24) is 20.4 Å². The Balaban J connectivity index is 1.80. The van der Waals surface area contributed by atoms with Gasteiger partial charge in [-0.3, -0.25) is 0 Å². The van der Waals surface area contributed by atoms with Crippen LogP contribution in [0.5, 0.6) is 0 Å². The Morgan fingerprint density at radius 1 is 1.42 bits per heavy atom. The lowest BCUT2D eigenvalue weighted by molar-refractivity contribution is 0.169. The standard InChI is InChI=1S/C20H33FN4O/c1-15-7-6-10-25(13-15)14-16(2)23-20(26)22-12-19(24(3)4)17-8-5-9-18(21)11-17/h5,8-9,11,15-16,19H,6-7,10,12-14H2,1-4H3,(H2,22,23,26). The number of carbonyl (C=O) groups excluding carboxylic acids is 1. The summed E-state index contributed by atoms with van der Waals surface area (Å²) in [6.45, 7) is 7.84. The zero-order chi connectivity index (χ0) is 19.1. The molecule has 0 spiro atoms. The quantitative estimate of drug-likeness (QED) is 0.782. The fraction of sp³-hybridized carbons (Fsp3) is 0.650. The van der Waals surface area contributed by atoms with E-state index in [1.54, 1.807) is 6.07 Å². The van der Waals surface area contributed by atoms with Gasteiger partial charge >= 0.3 is 6.03 Å². The largest absolute Gasteiger partial charge is 0.336 e. The van der Waals surface area contributed by atoms with E-state index >= 15 is 0 Å². The molecule has 146 valence electrons.